The van der Waals surface area contributed by atoms with Crippen LogP contribution in [0.2, 0.25) is 5.02 Å². The summed E-state index contributed by atoms with van der Waals surface area (Å²) in [6, 6.07) is 6.40. The van der Waals surface area contributed by atoms with E-state index in [0.29, 0.717) is 42.8 Å². The van der Waals surface area contributed by atoms with Gasteiger partial charge in [-0.25, -0.2) is 8.78 Å². The minimum Gasteiger partial charge on any atom is -0.488 e. The molecule has 6 rings (SSSR count). The number of ether oxygens (including phenoxy) is 1. The van der Waals surface area contributed by atoms with Crippen LogP contribution in [-0.4, -0.2) is 72.2 Å². The molecule has 4 heterocycles. The van der Waals surface area contributed by atoms with Crippen molar-refractivity contribution in [1.82, 2.24) is 14.4 Å². The van der Waals surface area contributed by atoms with Crippen molar-refractivity contribution in [2.75, 3.05) is 50.8 Å². The van der Waals surface area contributed by atoms with E-state index in [-0.39, 0.29) is 46.0 Å². The molecule has 0 aliphatic carbocycles. The third-order valence-electron chi connectivity index (χ3n) is 8.54. The van der Waals surface area contributed by atoms with Gasteiger partial charge in [-0.2, -0.15) is 5.26 Å². The lowest BCUT2D eigenvalue weighted by Gasteiger charge is -2.42. The van der Waals surface area contributed by atoms with E-state index in [1.165, 1.54) is 12.1 Å². The van der Waals surface area contributed by atoms with Crippen molar-refractivity contribution in [3.05, 3.63) is 69.5 Å². The normalized spacial score (nSPS) is 20.5. The predicted octanol–water partition coefficient (Wildman–Crippen LogP) is 4.72. The van der Waals surface area contributed by atoms with Crippen LogP contribution >= 0.6 is 11.6 Å². The summed E-state index contributed by atoms with van der Waals surface area (Å²) in [4.78, 5) is 32.5. The number of rotatable bonds is 5. The second-order valence-corrected chi connectivity index (χ2v) is 11.5. The smallest absolute Gasteiger partial charge is 0.271 e. The Hall–Kier alpha value is -3.94. The molecular weight excluding hydrogens is 564 g/mol. The number of hydrogen-bond donors (Lipinski definition) is 0. The van der Waals surface area contributed by atoms with Gasteiger partial charge in [0.15, 0.2) is 5.75 Å². The first-order valence-electron chi connectivity index (χ1n) is 14.1. The summed E-state index contributed by atoms with van der Waals surface area (Å²) in [7, 11) is 0. The summed E-state index contributed by atoms with van der Waals surface area (Å²) in [5.41, 5.74) is 0.619. The second kappa shape index (κ2) is 11.0. The van der Waals surface area contributed by atoms with Crippen LogP contribution in [0.3, 0.4) is 0 Å². The van der Waals surface area contributed by atoms with Crippen molar-refractivity contribution >= 4 is 34.1 Å². The molecule has 42 heavy (non-hydrogen) atoms. The molecule has 0 spiro atoms. The zero-order chi connectivity index (χ0) is 29.7. The van der Waals surface area contributed by atoms with Crippen molar-refractivity contribution in [2.45, 2.75) is 31.8 Å². The highest BCUT2D eigenvalue weighted by Crippen LogP contribution is 2.48. The second-order valence-electron chi connectivity index (χ2n) is 11.1. The van der Waals surface area contributed by atoms with Crippen LogP contribution in [0.5, 0.6) is 5.75 Å². The van der Waals surface area contributed by atoms with Crippen molar-refractivity contribution in [2.24, 2.45) is 0 Å². The van der Waals surface area contributed by atoms with E-state index >= 15 is 4.39 Å². The van der Waals surface area contributed by atoms with Gasteiger partial charge < -0.3 is 19.4 Å². The molecule has 2 saturated heterocycles. The van der Waals surface area contributed by atoms with E-state index in [0.717, 1.165) is 38.1 Å². The molecule has 1 amide bonds. The molecule has 2 atom stereocenters. The molecule has 0 bridgehead atoms. The highest BCUT2D eigenvalue weighted by Gasteiger charge is 2.36. The zero-order valence-electron chi connectivity index (χ0n) is 23.2. The van der Waals surface area contributed by atoms with Crippen LogP contribution < -0.4 is 15.2 Å². The minimum absolute atomic E-state index is 0.0195. The van der Waals surface area contributed by atoms with Gasteiger partial charge in [0.25, 0.3) is 5.56 Å². The lowest BCUT2D eigenvalue weighted by atomic mass is 9.96. The highest BCUT2D eigenvalue weighted by molar-refractivity contribution is 6.35. The van der Waals surface area contributed by atoms with Gasteiger partial charge in [-0.15, -0.1) is 0 Å². The molecule has 2 fully saturated rings. The molecule has 3 aliphatic heterocycles. The predicted molar refractivity (Wildman–Crippen MR) is 157 cm³/mol. The largest absolute Gasteiger partial charge is 0.488 e. The number of pyridine rings is 1. The van der Waals surface area contributed by atoms with Crippen molar-refractivity contribution < 1.29 is 18.3 Å². The van der Waals surface area contributed by atoms with E-state index in [9.17, 15) is 19.2 Å². The number of nitriles is 1. The van der Waals surface area contributed by atoms with Crippen molar-refractivity contribution in [1.29, 1.82) is 5.26 Å². The molecule has 1 aromatic heterocycles. The average molecular weight is 594 g/mol. The summed E-state index contributed by atoms with van der Waals surface area (Å²) < 4.78 is 36.9. The fourth-order valence-corrected chi connectivity index (χ4v) is 6.89. The van der Waals surface area contributed by atoms with Crippen LogP contribution in [0.1, 0.15) is 31.4 Å². The SMILES string of the molecule is C=CC(=O)N1CCN(c2c(C#N)c(=O)n3c4c(c(-c5ccc(F)cc5F)c(Cl)cc24)OCC3CN2CCCC2)[C@@H](C)C1. The standard InChI is InChI=1S/C31H30ClF2N5O3/c1-3-26(40)37-10-11-38(18(2)15-37)28-22-13-24(32)27(21-7-6-19(33)12-25(21)34)30-29(22)39(31(41)23(28)14-35)20(17-42-30)16-36-8-4-5-9-36/h3,6-7,12-13,18,20H,1,4-5,8-11,15-17H2,2H3/t18-,20?/m0/s1. The minimum atomic E-state index is -0.810. The van der Waals surface area contributed by atoms with Crippen LogP contribution in [0.25, 0.3) is 22.0 Å². The number of benzene rings is 2. The number of piperazine rings is 1. The molecule has 3 aliphatic rings. The van der Waals surface area contributed by atoms with Gasteiger partial charge in [0, 0.05) is 54.8 Å². The molecule has 0 saturated carbocycles. The Morgan fingerprint density at radius 2 is 1.98 bits per heavy atom. The number of anilines is 1. The maximum Gasteiger partial charge on any atom is 0.271 e. The molecule has 1 unspecified atom stereocenters. The molecule has 0 radical (unpaired) electrons. The summed E-state index contributed by atoms with van der Waals surface area (Å²) >= 11 is 6.85. The summed E-state index contributed by atoms with van der Waals surface area (Å²) in [5.74, 6) is -1.51. The number of carbonyl (C=O) groups is 1. The quantitative estimate of drug-likeness (QED) is 0.398. The Kier molecular flexibility index (Phi) is 7.41. The molecule has 2 aromatic carbocycles. The van der Waals surface area contributed by atoms with Gasteiger partial charge in [-0.05, 0) is 57.1 Å². The van der Waals surface area contributed by atoms with Gasteiger partial charge in [0.05, 0.1) is 22.3 Å². The van der Waals surface area contributed by atoms with E-state index < -0.39 is 23.2 Å². The topological polar surface area (TPSA) is 81.8 Å². The summed E-state index contributed by atoms with van der Waals surface area (Å²) in [5, 5.41) is 11.0. The number of nitrogens with zero attached hydrogens (tertiary/aromatic N) is 5. The number of carbonyl (C=O) groups excluding carboxylic acids is 1. The molecule has 11 heteroatoms. The first-order valence-corrected chi connectivity index (χ1v) is 14.4. The van der Waals surface area contributed by atoms with Gasteiger partial charge in [-0.3, -0.25) is 14.2 Å². The van der Waals surface area contributed by atoms with Crippen molar-refractivity contribution in [3.8, 4) is 22.9 Å². The maximum atomic E-state index is 15.1. The fraction of sp³-hybridized carbons (Fsp3) is 0.387. The number of halogens is 3. The van der Waals surface area contributed by atoms with E-state index in [1.54, 1.807) is 15.5 Å². The highest BCUT2D eigenvalue weighted by atomic mass is 35.5. The Labute approximate surface area is 246 Å². The molecule has 3 aromatic rings. The first kappa shape index (κ1) is 28.2. The summed E-state index contributed by atoms with van der Waals surface area (Å²) in [6.07, 6.45) is 3.41. The van der Waals surface area contributed by atoms with E-state index in [1.807, 2.05) is 11.8 Å². The first-order chi connectivity index (χ1) is 20.2. The Morgan fingerprint density at radius 1 is 1.21 bits per heavy atom. The van der Waals surface area contributed by atoms with Gasteiger partial charge >= 0.3 is 0 Å². The number of likely N-dealkylation sites (tertiary alicyclic amines) is 1. The molecule has 218 valence electrons. The number of amides is 1. The average Bonchev–Trinajstić information content (AvgIpc) is 3.48. The monoisotopic (exact) mass is 593 g/mol. The lowest BCUT2D eigenvalue weighted by Crippen LogP contribution is -2.54. The van der Waals surface area contributed by atoms with Crippen LogP contribution in [-0.2, 0) is 4.79 Å². The number of aromatic nitrogens is 1. The van der Waals surface area contributed by atoms with Gasteiger partial charge in [-0.1, -0.05) is 18.2 Å². The van der Waals surface area contributed by atoms with Gasteiger partial charge in [0.1, 0.15) is 29.9 Å². The molecule has 0 N–H and O–H groups in total. The zero-order valence-corrected chi connectivity index (χ0v) is 24.0. The molecular formula is C31H30ClF2N5O3. The fourth-order valence-electron chi connectivity index (χ4n) is 6.60. The van der Waals surface area contributed by atoms with Gasteiger partial charge in [0.2, 0.25) is 5.91 Å². The number of hydrogen-bond acceptors (Lipinski definition) is 6. The van der Waals surface area contributed by atoms with Crippen LogP contribution in [0.15, 0.2) is 41.7 Å². The Bertz CT molecular complexity index is 1710. The van der Waals surface area contributed by atoms with Crippen molar-refractivity contribution in [3.63, 3.8) is 0 Å². The summed E-state index contributed by atoms with van der Waals surface area (Å²) in [6.45, 7) is 9.10. The molecule has 8 nitrogen and oxygen atoms in total. The Morgan fingerprint density at radius 3 is 2.64 bits per heavy atom. The maximum absolute atomic E-state index is 15.1. The van der Waals surface area contributed by atoms with Crippen LogP contribution in [0.4, 0.5) is 14.5 Å². The van der Waals surface area contributed by atoms with E-state index in [4.69, 9.17) is 16.3 Å². The van der Waals surface area contributed by atoms with E-state index in [2.05, 4.69) is 17.5 Å². The van der Waals surface area contributed by atoms with Crippen LogP contribution in [0, 0.1) is 23.0 Å². The third-order valence-corrected chi connectivity index (χ3v) is 8.84. The third kappa shape index (κ3) is 4.61. The lowest BCUT2D eigenvalue weighted by molar-refractivity contribution is -0.126. The Balaban J connectivity index is 1.61.